The summed E-state index contributed by atoms with van der Waals surface area (Å²) in [5.41, 5.74) is 2.04. The molecule has 4 rings (SSSR count). The molecule has 0 saturated carbocycles. The third-order valence-corrected chi connectivity index (χ3v) is 5.16. The molecule has 1 fully saturated rings. The second-order valence-electron chi connectivity index (χ2n) is 5.55. The summed E-state index contributed by atoms with van der Waals surface area (Å²) in [5.74, 6) is 1.56. The summed E-state index contributed by atoms with van der Waals surface area (Å²) >= 11 is 1.78. The molecule has 4 heterocycles. The first kappa shape index (κ1) is 12.8. The van der Waals surface area contributed by atoms with Crippen molar-refractivity contribution in [3.63, 3.8) is 0 Å². The van der Waals surface area contributed by atoms with E-state index in [4.69, 9.17) is 0 Å². The smallest absolute Gasteiger partial charge is 0.142 e. The van der Waals surface area contributed by atoms with E-state index in [9.17, 15) is 0 Å². The molecule has 1 N–H and O–H groups in total. The third-order valence-electron chi connectivity index (χ3n) is 4.04. The molecule has 0 amide bonds. The Labute approximate surface area is 127 Å². The maximum absolute atomic E-state index is 4.67. The van der Waals surface area contributed by atoms with Gasteiger partial charge in [0.05, 0.1) is 10.4 Å². The molecule has 3 aromatic rings. The Morgan fingerprint density at radius 2 is 2.33 bits per heavy atom. The highest BCUT2D eigenvalue weighted by Gasteiger charge is 2.25. The number of rotatable bonds is 2. The number of fused-ring (bicyclic) bond motifs is 1. The maximum atomic E-state index is 4.67. The van der Waals surface area contributed by atoms with Gasteiger partial charge >= 0.3 is 0 Å². The van der Waals surface area contributed by atoms with Crippen molar-refractivity contribution in [2.75, 3.05) is 18.0 Å². The van der Waals surface area contributed by atoms with Crippen LogP contribution in [0.1, 0.15) is 29.5 Å². The molecule has 0 aromatic carbocycles. The number of piperidine rings is 1. The van der Waals surface area contributed by atoms with Crippen molar-refractivity contribution < 1.29 is 0 Å². The number of aromatic amines is 1. The van der Waals surface area contributed by atoms with E-state index < -0.39 is 0 Å². The van der Waals surface area contributed by atoms with Gasteiger partial charge in [-0.05, 0) is 25.8 Å². The summed E-state index contributed by atoms with van der Waals surface area (Å²) in [6.45, 7) is 4.11. The van der Waals surface area contributed by atoms with E-state index in [0.717, 1.165) is 35.6 Å². The van der Waals surface area contributed by atoms with Crippen LogP contribution in [-0.4, -0.2) is 33.0 Å². The number of anilines is 1. The van der Waals surface area contributed by atoms with Crippen LogP contribution in [0.3, 0.4) is 0 Å². The fourth-order valence-corrected chi connectivity index (χ4v) is 3.97. The average Bonchev–Trinajstić information content (AvgIpc) is 3.15. The summed E-state index contributed by atoms with van der Waals surface area (Å²) in [5, 5.41) is 4.51. The van der Waals surface area contributed by atoms with Gasteiger partial charge in [0.1, 0.15) is 17.8 Å². The van der Waals surface area contributed by atoms with E-state index in [2.05, 4.69) is 43.2 Å². The van der Waals surface area contributed by atoms with Crippen molar-refractivity contribution in [1.29, 1.82) is 0 Å². The number of nitrogens with zero attached hydrogens (tertiary/aromatic N) is 4. The van der Waals surface area contributed by atoms with Gasteiger partial charge in [-0.25, -0.2) is 15.0 Å². The summed E-state index contributed by atoms with van der Waals surface area (Å²) in [7, 11) is 0. The Morgan fingerprint density at radius 1 is 1.38 bits per heavy atom. The molecule has 0 bridgehead atoms. The lowest BCUT2D eigenvalue weighted by atomic mass is 9.98. The molecular formula is C15H17N5S. The largest absolute Gasteiger partial charge is 0.355 e. The molecular weight excluding hydrogens is 282 g/mol. The zero-order chi connectivity index (χ0) is 14.2. The number of H-pyrrole nitrogens is 1. The van der Waals surface area contributed by atoms with Gasteiger partial charge in [0.25, 0.3) is 0 Å². The monoisotopic (exact) mass is 299 g/mol. The normalized spacial score (nSPS) is 19.3. The summed E-state index contributed by atoms with van der Waals surface area (Å²) in [6, 6.07) is 2.06. The van der Waals surface area contributed by atoms with Crippen LogP contribution in [0.4, 0.5) is 5.82 Å². The molecule has 1 saturated heterocycles. The number of hydrogen-bond acceptors (Lipinski definition) is 5. The highest BCUT2D eigenvalue weighted by atomic mass is 32.1. The van der Waals surface area contributed by atoms with E-state index in [1.807, 2.05) is 6.20 Å². The summed E-state index contributed by atoms with van der Waals surface area (Å²) in [6.07, 6.45) is 5.96. The van der Waals surface area contributed by atoms with Gasteiger partial charge in [-0.2, -0.15) is 0 Å². The van der Waals surface area contributed by atoms with Crippen molar-refractivity contribution in [3.8, 4) is 0 Å². The molecule has 1 atom stereocenters. The fourth-order valence-electron chi connectivity index (χ4n) is 3.04. The van der Waals surface area contributed by atoms with Crippen LogP contribution in [-0.2, 0) is 0 Å². The van der Waals surface area contributed by atoms with E-state index in [-0.39, 0.29) is 0 Å². The minimum absolute atomic E-state index is 0.515. The second kappa shape index (κ2) is 5.11. The van der Waals surface area contributed by atoms with Gasteiger partial charge in [-0.15, -0.1) is 11.3 Å². The SMILES string of the molecule is Cc1csc(C2CCCN(c3ncnc4[nH]ccc34)C2)n1. The van der Waals surface area contributed by atoms with Gasteiger partial charge in [0.15, 0.2) is 0 Å². The lowest BCUT2D eigenvalue weighted by Gasteiger charge is -2.32. The lowest BCUT2D eigenvalue weighted by Crippen LogP contribution is -2.35. The minimum atomic E-state index is 0.515. The third kappa shape index (κ3) is 2.29. The van der Waals surface area contributed by atoms with Crippen molar-refractivity contribution >= 4 is 28.2 Å². The Bertz CT molecular complexity index is 762. The number of nitrogens with one attached hydrogen (secondary N) is 1. The first-order valence-electron chi connectivity index (χ1n) is 7.26. The lowest BCUT2D eigenvalue weighted by molar-refractivity contribution is 0.506. The Kier molecular flexibility index (Phi) is 3.11. The van der Waals surface area contributed by atoms with E-state index in [1.54, 1.807) is 17.7 Å². The van der Waals surface area contributed by atoms with Crippen LogP contribution < -0.4 is 4.90 Å². The molecule has 0 aliphatic carbocycles. The Hall–Kier alpha value is -1.95. The maximum Gasteiger partial charge on any atom is 0.142 e. The van der Waals surface area contributed by atoms with E-state index in [1.165, 1.54) is 17.8 Å². The highest BCUT2D eigenvalue weighted by molar-refractivity contribution is 7.09. The molecule has 0 spiro atoms. The Balaban J connectivity index is 1.65. The minimum Gasteiger partial charge on any atom is -0.355 e. The summed E-state index contributed by atoms with van der Waals surface area (Å²) in [4.78, 5) is 19.0. The molecule has 21 heavy (non-hydrogen) atoms. The van der Waals surface area contributed by atoms with E-state index in [0.29, 0.717) is 5.92 Å². The molecule has 1 unspecified atom stereocenters. The zero-order valence-corrected chi connectivity index (χ0v) is 12.7. The first-order valence-corrected chi connectivity index (χ1v) is 8.14. The molecule has 0 radical (unpaired) electrons. The molecule has 5 nitrogen and oxygen atoms in total. The number of aromatic nitrogens is 4. The fraction of sp³-hybridized carbons (Fsp3) is 0.400. The van der Waals surface area contributed by atoms with Crippen LogP contribution in [0.25, 0.3) is 11.0 Å². The van der Waals surface area contributed by atoms with Crippen LogP contribution in [0.5, 0.6) is 0 Å². The van der Waals surface area contributed by atoms with Gasteiger partial charge < -0.3 is 9.88 Å². The molecule has 1 aliphatic rings. The van der Waals surface area contributed by atoms with E-state index >= 15 is 0 Å². The quantitative estimate of drug-likeness (QED) is 0.790. The highest BCUT2D eigenvalue weighted by Crippen LogP contribution is 2.32. The molecule has 3 aromatic heterocycles. The van der Waals surface area contributed by atoms with Crippen molar-refractivity contribution in [2.24, 2.45) is 0 Å². The molecule has 6 heteroatoms. The Morgan fingerprint density at radius 3 is 3.19 bits per heavy atom. The molecule has 1 aliphatic heterocycles. The molecule has 108 valence electrons. The zero-order valence-electron chi connectivity index (χ0n) is 11.9. The van der Waals surface area contributed by atoms with Crippen molar-refractivity contribution in [1.82, 2.24) is 19.9 Å². The van der Waals surface area contributed by atoms with Crippen molar-refractivity contribution in [2.45, 2.75) is 25.7 Å². The van der Waals surface area contributed by atoms with Crippen LogP contribution >= 0.6 is 11.3 Å². The van der Waals surface area contributed by atoms with Crippen LogP contribution in [0.15, 0.2) is 24.0 Å². The van der Waals surface area contributed by atoms with Crippen LogP contribution in [0, 0.1) is 6.92 Å². The number of aryl methyl sites for hydroxylation is 1. The van der Waals surface area contributed by atoms with Gasteiger partial charge in [-0.3, -0.25) is 0 Å². The predicted molar refractivity (Wildman–Crippen MR) is 84.9 cm³/mol. The second-order valence-corrected chi connectivity index (χ2v) is 6.44. The van der Waals surface area contributed by atoms with Gasteiger partial charge in [-0.1, -0.05) is 0 Å². The van der Waals surface area contributed by atoms with Gasteiger partial charge in [0, 0.05) is 36.3 Å². The van der Waals surface area contributed by atoms with Crippen LogP contribution in [0.2, 0.25) is 0 Å². The standard InChI is InChI=1S/C15H17N5S/c1-10-8-21-15(19-10)11-3-2-6-20(7-11)14-12-4-5-16-13(12)17-9-18-14/h4-5,8-9,11H,2-3,6-7H2,1H3,(H,16,17,18). The topological polar surface area (TPSA) is 57.7 Å². The predicted octanol–water partition coefficient (Wildman–Crippen LogP) is 3.11. The van der Waals surface area contributed by atoms with Gasteiger partial charge in [0.2, 0.25) is 0 Å². The first-order chi connectivity index (χ1) is 10.3. The number of hydrogen-bond donors (Lipinski definition) is 1. The van der Waals surface area contributed by atoms with Crippen molar-refractivity contribution in [3.05, 3.63) is 34.7 Å². The average molecular weight is 299 g/mol. The summed E-state index contributed by atoms with van der Waals surface area (Å²) < 4.78 is 0. The number of thiazole rings is 1.